The molecule has 0 spiro atoms. The molecule has 2 saturated heterocycles. The van der Waals surface area contributed by atoms with Gasteiger partial charge in [-0.3, -0.25) is 9.69 Å². The van der Waals surface area contributed by atoms with E-state index >= 15 is 0 Å². The molecule has 1 amide bonds. The number of rotatable bonds is 11. The minimum atomic E-state index is -2.33. The van der Waals surface area contributed by atoms with Gasteiger partial charge < -0.3 is 24.6 Å². The normalized spacial score (nSPS) is 21.0. The SMILES string of the molecule is COC[C@@H]1CCCN1C[C@H]1C[C@@H](c2ccc(CO)cc2)O[C@@H](c2ccc(-c3ccccc3CNC(=O)c3c(F)c(F)c(F)c(F)c3F)cc2)O1. The highest BCUT2D eigenvalue weighted by molar-refractivity contribution is 5.95. The Bertz CT molecular complexity index is 1780. The van der Waals surface area contributed by atoms with Gasteiger partial charge in [-0.15, -0.1) is 0 Å². The fourth-order valence-electron chi connectivity index (χ4n) is 6.66. The number of likely N-dealkylation sites (tertiary alicyclic amines) is 1. The van der Waals surface area contributed by atoms with Gasteiger partial charge in [0, 0.05) is 38.2 Å². The summed E-state index contributed by atoms with van der Waals surface area (Å²) in [5.41, 5.74) is 3.00. The van der Waals surface area contributed by atoms with Crippen molar-refractivity contribution in [3.8, 4) is 11.1 Å². The molecule has 4 aromatic carbocycles. The Labute approximate surface area is 286 Å². The zero-order valence-electron chi connectivity index (χ0n) is 27.3. The van der Waals surface area contributed by atoms with Gasteiger partial charge in [-0.2, -0.15) is 0 Å². The second-order valence-electron chi connectivity index (χ2n) is 12.5. The number of carbonyl (C=O) groups excluding carboxylic acids is 1. The van der Waals surface area contributed by atoms with Gasteiger partial charge in [0.2, 0.25) is 5.82 Å². The lowest BCUT2D eigenvalue weighted by atomic mass is 9.97. The first-order valence-corrected chi connectivity index (χ1v) is 16.4. The second-order valence-corrected chi connectivity index (χ2v) is 12.5. The smallest absolute Gasteiger partial charge is 0.257 e. The van der Waals surface area contributed by atoms with Crippen molar-refractivity contribution >= 4 is 5.91 Å². The zero-order chi connectivity index (χ0) is 35.4. The van der Waals surface area contributed by atoms with Crippen molar-refractivity contribution in [3.05, 3.63) is 130 Å². The lowest BCUT2D eigenvalue weighted by molar-refractivity contribution is -0.253. The third-order valence-corrected chi connectivity index (χ3v) is 9.30. The molecular weight excluding hydrogens is 659 g/mol. The zero-order valence-corrected chi connectivity index (χ0v) is 27.3. The quantitative estimate of drug-likeness (QED) is 0.0988. The van der Waals surface area contributed by atoms with Gasteiger partial charge in [-0.1, -0.05) is 72.8 Å². The van der Waals surface area contributed by atoms with Crippen molar-refractivity contribution in [1.82, 2.24) is 10.2 Å². The standard InChI is InChI=1S/C38H37F5N2O5/c1-48-21-27-6-4-16-45(27)19-28-17-30(24-10-8-22(20-46)9-11-24)50-38(49-28)25-14-12-23(13-15-25)29-7-3-2-5-26(29)18-44-37(47)31-32(39)34(41)36(43)35(42)33(31)40/h2-3,5,7-15,27-28,30,38,46H,4,6,16-21H2,1H3,(H,44,47)/t27-,28+,30-,38-/m0/s1. The van der Waals surface area contributed by atoms with Crippen LogP contribution in [0.1, 0.15) is 64.3 Å². The van der Waals surface area contributed by atoms with Crippen molar-refractivity contribution in [1.29, 1.82) is 0 Å². The van der Waals surface area contributed by atoms with Crippen LogP contribution in [-0.2, 0) is 27.4 Å². The van der Waals surface area contributed by atoms with E-state index in [1.54, 1.807) is 31.4 Å². The lowest BCUT2D eigenvalue weighted by Crippen LogP contribution is -2.42. The number of halogens is 5. The van der Waals surface area contributed by atoms with E-state index in [1.165, 1.54) is 0 Å². The molecule has 0 saturated carbocycles. The average molecular weight is 697 g/mol. The predicted molar refractivity (Wildman–Crippen MR) is 174 cm³/mol. The van der Waals surface area contributed by atoms with E-state index in [1.807, 2.05) is 48.5 Å². The number of carbonyl (C=O) groups is 1. The predicted octanol–water partition coefficient (Wildman–Crippen LogP) is 7.13. The van der Waals surface area contributed by atoms with Crippen LogP contribution in [0.4, 0.5) is 22.0 Å². The number of ether oxygens (including phenoxy) is 3. The van der Waals surface area contributed by atoms with Crippen LogP contribution in [-0.4, -0.2) is 54.9 Å². The van der Waals surface area contributed by atoms with Crippen LogP contribution in [0.25, 0.3) is 11.1 Å². The molecule has 7 nitrogen and oxygen atoms in total. The van der Waals surface area contributed by atoms with Crippen LogP contribution in [0.15, 0.2) is 72.8 Å². The summed E-state index contributed by atoms with van der Waals surface area (Å²) >= 11 is 0. The van der Waals surface area contributed by atoms with Gasteiger partial charge in [0.15, 0.2) is 29.6 Å². The molecule has 4 atom stereocenters. The third-order valence-electron chi connectivity index (χ3n) is 9.30. The van der Waals surface area contributed by atoms with Crippen LogP contribution in [0.3, 0.4) is 0 Å². The van der Waals surface area contributed by atoms with Crippen LogP contribution < -0.4 is 5.32 Å². The molecule has 2 heterocycles. The molecule has 12 heteroatoms. The maximum absolute atomic E-state index is 14.2. The number of hydrogen-bond acceptors (Lipinski definition) is 6. The highest BCUT2D eigenvalue weighted by Crippen LogP contribution is 2.39. The summed E-state index contributed by atoms with van der Waals surface area (Å²) in [6.45, 7) is 2.04. The minimum absolute atomic E-state index is 0.0524. The highest BCUT2D eigenvalue weighted by atomic mass is 19.2. The van der Waals surface area contributed by atoms with Crippen LogP contribution in [0, 0.1) is 29.1 Å². The van der Waals surface area contributed by atoms with Crippen molar-refractivity contribution in [2.24, 2.45) is 0 Å². The molecule has 50 heavy (non-hydrogen) atoms. The Morgan fingerprint density at radius 1 is 0.880 bits per heavy atom. The fourth-order valence-corrected chi connectivity index (χ4v) is 6.66. The third kappa shape index (κ3) is 7.59. The van der Waals surface area contributed by atoms with E-state index in [2.05, 4.69) is 10.2 Å². The second kappa shape index (κ2) is 15.8. The summed E-state index contributed by atoms with van der Waals surface area (Å²) in [6.07, 6.45) is 1.75. The van der Waals surface area contributed by atoms with Gasteiger partial charge >= 0.3 is 0 Å². The molecule has 2 aliphatic heterocycles. The van der Waals surface area contributed by atoms with Gasteiger partial charge in [0.1, 0.15) is 5.56 Å². The average Bonchev–Trinajstić information content (AvgIpc) is 3.58. The lowest BCUT2D eigenvalue weighted by Gasteiger charge is -2.38. The molecule has 2 N–H and O–H groups in total. The Morgan fingerprint density at radius 2 is 1.54 bits per heavy atom. The van der Waals surface area contributed by atoms with E-state index in [9.17, 15) is 31.9 Å². The maximum Gasteiger partial charge on any atom is 0.257 e. The number of aliphatic hydroxyl groups is 1. The summed E-state index contributed by atoms with van der Waals surface area (Å²) < 4.78 is 87.8. The number of amides is 1. The van der Waals surface area contributed by atoms with Crippen LogP contribution in [0.2, 0.25) is 0 Å². The number of benzene rings is 4. The van der Waals surface area contributed by atoms with Crippen molar-refractivity contribution in [3.63, 3.8) is 0 Å². The number of nitrogens with zero attached hydrogens (tertiary/aromatic N) is 1. The first kappa shape index (κ1) is 35.6. The van der Waals surface area contributed by atoms with E-state index in [0.717, 1.165) is 48.2 Å². The Kier molecular flexibility index (Phi) is 11.2. The number of aliphatic hydroxyl groups excluding tert-OH is 1. The Balaban J connectivity index is 1.20. The summed E-state index contributed by atoms with van der Waals surface area (Å²) in [6, 6.07) is 22.4. The molecule has 2 aliphatic rings. The van der Waals surface area contributed by atoms with Gasteiger partial charge in [0.05, 0.1) is 25.4 Å². The summed E-state index contributed by atoms with van der Waals surface area (Å²) in [4.78, 5) is 15.0. The molecule has 0 aliphatic carbocycles. The fraction of sp³-hybridized carbons (Fsp3) is 0.342. The Morgan fingerprint density at radius 3 is 2.22 bits per heavy atom. The summed E-state index contributed by atoms with van der Waals surface area (Å²) in [5.74, 6) is -12.5. The highest BCUT2D eigenvalue weighted by Gasteiger charge is 2.36. The van der Waals surface area contributed by atoms with E-state index in [-0.39, 0.29) is 25.4 Å². The molecule has 264 valence electrons. The van der Waals surface area contributed by atoms with E-state index in [0.29, 0.717) is 30.2 Å². The van der Waals surface area contributed by atoms with Gasteiger partial charge in [0.25, 0.3) is 5.91 Å². The van der Waals surface area contributed by atoms with E-state index in [4.69, 9.17) is 14.2 Å². The van der Waals surface area contributed by atoms with Gasteiger partial charge in [-0.25, -0.2) is 22.0 Å². The molecule has 0 unspecified atom stereocenters. The topological polar surface area (TPSA) is 80.3 Å². The monoisotopic (exact) mass is 696 g/mol. The first-order valence-electron chi connectivity index (χ1n) is 16.4. The molecule has 4 aromatic rings. The maximum atomic E-state index is 14.2. The van der Waals surface area contributed by atoms with Crippen molar-refractivity contribution in [2.45, 2.75) is 57.0 Å². The molecule has 0 radical (unpaired) electrons. The summed E-state index contributed by atoms with van der Waals surface area (Å²) in [5, 5.41) is 11.8. The number of hydrogen-bond donors (Lipinski definition) is 2. The molecule has 0 bridgehead atoms. The van der Waals surface area contributed by atoms with Crippen LogP contribution >= 0.6 is 0 Å². The minimum Gasteiger partial charge on any atom is -0.392 e. The molecule has 6 rings (SSSR count). The molecule has 0 aromatic heterocycles. The first-order chi connectivity index (χ1) is 24.2. The molecule has 2 fully saturated rings. The van der Waals surface area contributed by atoms with Crippen LogP contribution in [0.5, 0.6) is 0 Å². The van der Waals surface area contributed by atoms with Crippen molar-refractivity contribution in [2.75, 3.05) is 26.8 Å². The summed E-state index contributed by atoms with van der Waals surface area (Å²) in [7, 11) is 1.71. The van der Waals surface area contributed by atoms with Crippen molar-refractivity contribution < 1.29 is 46.1 Å². The number of nitrogens with one attached hydrogen (secondary N) is 1. The Hall–Kier alpha value is -4.20. The van der Waals surface area contributed by atoms with E-state index < -0.39 is 46.8 Å². The largest absolute Gasteiger partial charge is 0.392 e. The number of methoxy groups -OCH3 is 1. The van der Waals surface area contributed by atoms with Gasteiger partial charge in [-0.05, 0) is 47.2 Å². The molecular formula is C38H37F5N2O5.